The van der Waals surface area contributed by atoms with E-state index in [0.717, 1.165) is 5.92 Å². The zero-order chi connectivity index (χ0) is 13.9. The van der Waals surface area contributed by atoms with Crippen molar-refractivity contribution in [2.45, 2.75) is 77.2 Å². The van der Waals surface area contributed by atoms with Gasteiger partial charge in [0.2, 0.25) is 0 Å². The fourth-order valence-electron chi connectivity index (χ4n) is 4.21. The highest BCUT2D eigenvalue weighted by atomic mass is 32.1. The van der Waals surface area contributed by atoms with Crippen LogP contribution in [0.4, 0.5) is 0 Å². The molecule has 1 heterocycles. The lowest BCUT2D eigenvalue weighted by atomic mass is 9.74. The zero-order valence-corrected chi connectivity index (χ0v) is 13.6. The Morgan fingerprint density at radius 3 is 2.80 bits per heavy atom. The Morgan fingerprint density at radius 2 is 1.95 bits per heavy atom. The molecule has 20 heavy (non-hydrogen) atoms. The van der Waals surface area contributed by atoms with Crippen molar-refractivity contribution in [2.24, 2.45) is 11.8 Å². The Bertz CT molecular complexity index is 413. The van der Waals surface area contributed by atoms with E-state index in [-0.39, 0.29) is 6.10 Å². The van der Waals surface area contributed by atoms with E-state index in [4.69, 9.17) is 0 Å². The van der Waals surface area contributed by atoms with Gasteiger partial charge in [0.25, 0.3) is 0 Å². The molecule has 1 N–H and O–H groups in total. The highest BCUT2D eigenvalue weighted by Gasteiger charge is 2.31. The minimum absolute atomic E-state index is 0.197. The number of hydrogen-bond acceptors (Lipinski definition) is 2. The second-order valence-corrected chi connectivity index (χ2v) is 7.89. The Balaban J connectivity index is 1.77. The van der Waals surface area contributed by atoms with E-state index >= 15 is 0 Å². The second kappa shape index (κ2) is 6.62. The van der Waals surface area contributed by atoms with Gasteiger partial charge >= 0.3 is 0 Å². The largest absolute Gasteiger partial charge is 0.387 e. The van der Waals surface area contributed by atoms with Crippen molar-refractivity contribution in [3.8, 4) is 0 Å². The first-order valence-corrected chi connectivity index (χ1v) is 9.40. The van der Waals surface area contributed by atoms with Crippen LogP contribution in [-0.2, 0) is 12.8 Å². The molecule has 2 aliphatic carbocycles. The van der Waals surface area contributed by atoms with Gasteiger partial charge in [-0.05, 0) is 55.6 Å². The molecule has 1 aromatic heterocycles. The Morgan fingerprint density at radius 1 is 1.15 bits per heavy atom. The van der Waals surface area contributed by atoms with Crippen LogP contribution in [0.1, 0.15) is 79.7 Å². The predicted molar refractivity (Wildman–Crippen MR) is 86.3 cm³/mol. The van der Waals surface area contributed by atoms with E-state index in [1.165, 1.54) is 69.1 Å². The zero-order valence-electron chi connectivity index (χ0n) is 12.7. The normalized spacial score (nSPS) is 28.7. The molecule has 0 radical (unpaired) electrons. The number of fused-ring (bicyclic) bond motifs is 1. The highest BCUT2D eigenvalue weighted by Crippen LogP contribution is 2.43. The Labute approximate surface area is 127 Å². The molecule has 112 valence electrons. The summed E-state index contributed by atoms with van der Waals surface area (Å²) < 4.78 is 0. The third-order valence-electron chi connectivity index (χ3n) is 5.45. The fraction of sp³-hybridized carbons (Fsp3) is 0.778. The predicted octanol–water partition coefficient (Wildman–Crippen LogP) is 5.27. The summed E-state index contributed by atoms with van der Waals surface area (Å²) in [6.07, 6.45) is 12.8. The lowest BCUT2D eigenvalue weighted by Crippen LogP contribution is -2.24. The lowest BCUT2D eigenvalue weighted by Gasteiger charge is -2.34. The van der Waals surface area contributed by atoms with Crippen LogP contribution in [0.25, 0.3) is 0 Å². The van der Waals surface area contributed by atoms with Crippen LogP contribution in [0.5, 0.6) is 0 Å². The van der Waals surface area contributed by atoms with Gasteiger partial charge in [0, 0.05) is 9.75 Å². The smallest absolute Gasteiger partial charge is 0.0912 e. The molecule has 2 aliphatic rings. The van der Waals surface area contributed by atoms with Crippen molar-refractivity contribution < 1.29 is 5.11 Å². The SMILES string of the molecule is CCC1CCCCC1C(O)c1cc2c(s1)CCCCC2. The van der Waals surface area contributed by atoms with Gasteiger partial charge in [-0.15, -0.1) is 11.3 Å². The summed E-state index contributed by atoms with van der Waals surface area (Å²) in [5.41, 5.74) is 1.55. The van der Waals surface area contributed by atoms with E-state index < -0.39 is 0 Å². The maximum absolute atomic E-state index is 10.9. The van der Waals surface area contributed by atoms with Gasteiger partial charge in [-0.3, -0.25) is 0 Å². The molecule has 0 amide bonds. The van der Waals surface area contributed by atoms with Crippen LogP contribution in [0.3, 0.4) is 0 Å². The molecule has 3 rings (SSSR count). The average molecular weight is 292 g/mol. The van der Waals surface area contributed by atoms with Crippen molar-refractivity contribution in [1.82, 2.24) is 0 Å². The number of hydrogen-bond donors (Lipinski definition) is 1. The highest BCUT2D eigenvalue weighted by molar-refractivity contribution is 7.12. The molecule has 1 aromatic rings. The lowest BCUT2D eigenvalue weighted by molar-refractivity contribution is 0.0477. The summed E-state index contributed by atoms with van der Waals surface area (Å²) >= 11 is 1.91. The Kier molecular flexibility index (Phi) is 4.83. The third-order valence-corrected chi connectivity index (χ3v) is 6.76. The monoisotopic (exact) mass is 292 g/mol. The minimum Gasteiger partial charge on any atom is -0.387 e. The number of aryl methyl sites for hydroxylation is 2. The molecule has 1 nitrogen and oxygen atoms in total. The molecule has 0 spiro atoms. The third kappa shape index (κ3) is 2.96. The fourth-order valence-corrected chi connectivity index (χ4v) is 5.53. The molecule has 3 unspecified atom stereocenters. The first-order chi connectivity index (χ1) is 9.79. The van der Waals surface area contributed by atoms with Gasteiger partial charge in [0.1, 0.15) is 0 Å². The first-order valence-electron chi connectivity index (χ1n) is 8.59. The van der Waals surface area contributed by atoms with Crippen LogP contribution in [0, 0.1) is 11.8 Å². The van der Waals surface area contributed by atoms with Gasteiger partial charge in [0.15, 0.2) is 0 Å². The summed E-state index contributed by atoms with van der Waals surface area (Å²) in [4.78, 5) is 2.84. The standard InChI is InChI=1S/C18H28OS/c1-2-13-8-6-7-10-15(13)18(19)17-12-14-9-4-3-5-11-16(14)20-17/h12-13,15,18-19H,2-11H2,1H3. The molecule has 0 aliphatic heterocycles. The van der Waals surface area contributed by atoms with Crippen molar-refractivity contribution in [3.05, 3.63) is 21.4 Å². The molecular formula is C18H28OS. The molecule has 1 saturated carbocycles. The van der Waals surface area contributed by atoms with Crippen molar-refractivity contribution >= 4 is 11.3 Å². The number of rotatable bonds is 3. The van der Waals surface area contributed by atoms with E-state index in [1.807, 2.05) is 11.3 Å². The average Bonchev–Trinajstić information content (AvgIpc) is 2.77. The molecule has 3 atom stereocenters. The van der Waals surface area contributed by atoms with E-state index in [9.17, 15) is 5.11 Å². The number of aliphatic hydroxyl groups is 1. The van der Waals surface area contributed by atoms with Gasteiger partial charge in [-0.25, -0.2) is 0 Å². The Hall–Kier alpha value is -0.340. The van der Waals surface area contributed by atoms with Crippen LogP contribution >= 0.6 is 11.3 Å². The van der Waals surface area contributed by atoms with Crippen LogP contribution in [0.2, 0.25) is 0 Å². The van der Waals surface area contributed by atoms with Gasteiger partial charge < -0.3 is 5.11 Å². The summed E-state index contributed by atoms with van der Waals surface area (Å²) in [7, 11) is 0. The quantitative estimate of drug-likeness (QED) is 0.753. The van der Waals surface area contributed by atoms with Gasteiger partial charge in [-0.2, -0.15) is 0 Å². The minimum atomic E-state index is -0.197. The van der Waals surface area contributed by atoms with Crippen molar-refractivity contribution in [3.63, 3.8) is 0 Å². The maximum atomic E-state index is 10.9. The van der Waals surface area contributed by atoms with Crippen molar-refractivity contribution in [2.75, 3.05) is 0 Å². The molecular weight excluding hydrogens is 264 g/mol. The molecule has 0 bridgehead atoms. The van der Waals surface area contributed by atoms with Crippen LogP contribution in [-0.4, -0.2) is 5.11 Å². The summed E-state index contributed by atoms with van der Waals surface area (Å²) in [5, 5.41) is 10.9. The molecule has 0 aromatic carbocycles. The van der Waals surface area contributed by atoms with E-state index in [2.05, 4.69) is 13.0 Å². The molecule has 1 fully saturated rings. The second-order valence-electron chi connectivity index (χ2n) is 6.72. The van der Waals surface area contributed by atoms with Crippen LogP contribution in [0.15, 0.2) is 6.07 Å². The first kappa shape index (κ1) is 14.6. The van der Waals surface area contributed by atoms with Crippen LogP contribution < -0.4 is 0 Å². The van der Waals surface area contributed by atoms with Gasteiger partial charge in [-0.1, -0.05) is 39.0 Å². The van der Waals surface area contributed by atoms with Crippen molar-refractivity contribution in [1.29, 1.82) is 0 Å². The topological polar surface area (TPSA) is 20.2 Å². The van der Waals surface area contributed by atoms with E-state index in [1.54, 1.807) is 10.4 Å². The van der Waals surface area contributed by atoms with Gasteiger partial charge in [0.05, 0.1) is 6.10 Å². The summed E-state index contributed by atoms with van der Waals surface area (Å²) in [6.45, 7) is 2.29. The number of thiophene rings is 1. The maximum Gasteiger partial charge on any atom is 0.0912 e. The number of aliphatic hydroxyl groups excluding tert-OH is 1. The van der Waals surface area contributed by atoms with E-state index in [0.29, 0.717) is 5.92 Å². The molecule has 2 heteroatoms. The summed E-state index contributed by atoms with van der Waals surface area (Å²) in [6, 6.07) is 2.34. The summed E-state index contributed by atoms with van der Waals surface area (Å²) in [5.74, 6) is 1.25. The molecule has 0 saturated heterocycles.